The molecule has 0 bridgehead atoms. The number of hydrogen-bond acceptors (Lipinski definition) is 3. The first-order valence-corrected chi connectivity index (χ1v) is 5.31. The van der Waals surface area contributed by atoms with Gasteiger partial charge in [-0.1, -0.05) is 18.2 Å². The second-order valence-corrected chi connectivity index (χ2v) is 3.78. The number of halogens is 1. The number of nitrogens with one attached hydrogen (secondary N) is 1. The van der Waals surface area contributed by atoms with Crippen LogP contribution >= 0.6 is 12.4 Å². The van der Waals surface area contributed by atoms with Crippen molar-refractivity contribution in [3.63, 3.8) is 0 Å². The molecule has 2 rings (SSSR count). The quantitative estimate of drug-likeness (QED) is 0.864. The van der Waals surface area contributed by atoms with Crippen LogP contribution in [0.5, 0.6) is 5.75 Å². The molecule has 1 heterocycles. The van der Waals surface area contributed by atoms with E-state index in [0.29, 0.717) is 6.04 Å². The van der Waals surface area contributed by atoms with Crippen molar-refractivity contribution in [2.24, 2.45) is 0 Å². The van der Waals surface area contributed by atoms with Crippen molar-refractivity contribution in [3.8, 4) is 5.75 Å². The molecule has 1 aliphatic heterocycles. The van der Waals surface area contributed by atoms with Crippen LogP contribution in [0.3, 0.4) is 0 Å². The highest BCUT2D eigenvalue weighted by molar-refractivity contribution is 5.85. The third-order valence-corrected chi connectivity index (χ3v) is 2.77. The lowest BCUT2D eigenvalue weighted by atomic mass is 10.0. The zero-order valence-corrected chi connectivity index (χ0v) is 10.4. The summed E-state index contributed by atoms with van der Waals surface area (Å²) < 4.78 is 11.1. The molecule has 0 radical (unpaired) electrons. The average molecular weight is 244 g/mol. The van der Waals surface area contributed by atoms with E-state index in [4.69, 9.17) is 9.47 Å². The summed E-state index contributed by atoms with van der Waals surface area (Å²) in [6.07, 6.45) is 0.0925. The van der Waals surface area contributed by atoms with Crippen LogP contribution < -0.4 is 10.1 Å². The van der Waals surface area contributed by atoms with Crippen LogP contribution in [0, 0.1) is 0 Å². The summed E-state index contributed by atoms with van der Waals surface area (Å²) in [5.74, 6) is 0.901. The molecule has 1 fully saturated rings. The zero-order chi connectivity index (χ0) is 10.7. The molecule has 0 spiro atoms. The molecule has 2 atom stereocenters. The van der Waals surface area contributed by atoms with Gasteiger partial charge in [0.2, 0.25) is 0 Å². The molecule has 0 saturated carbocycles. The second kappa shape index (κ2) is 6.09. The minimum absolute atomic E-state index is 0. The van der Waals surface area contributed by atoms with E-state index in [-0.39, 0.29) is 18.5 Å². The van der Waals surface area contributed by atoms with Crippen LogP contribution in [0.25, 0.3) is 0 Å². The van der Waals surface area contributed by atoms with E-state index in [1.54, 1.807) is 7.11 Å². The third-order valence-electron chi connectivity index (χ3n) is 2.77. The van der Waals surface area contributed by atoms with E-state index >= 15 is 0 Å². The van der Waals surface area contributed by atoms with E-state index in [2.05, 4.69) is 18.3 Å². The lowest BCUT2D eigenvalue weighted by molar-refractivity contribution is -0.00150. The fourth-order valence-corrected chi connectivity index (χ4v) is 1.98. The highest BCUT2D eigenvalue weighted by Crippen LogP contribution is 2.30. The summed E-state index contributed by atoms with van der Waals surface area (Å²) >= 11 is 0. The van der Waals surface area contributed by atoms with Crippen molar-refractivity contribution in [2.75, 3.05) is 20.3 Å². The Labute approximate surface area is 103 Å². The Hall–Kier alpha value is -0.770. The van der Waals surface area contributed by atoms with Crippen molar-refractivity contribution < 1.29 is 9.47 Å². The van der Waals surface area contributed by atoms with E-state index in [9.17, 15) is 0 Å². The number of para-hydroxylation sites is 1. The van der Waals surface area contributed by atoms with Gasteiger partial charge in [-0.25, -0.2) is 0 Å². The van der Waals surface area contributed by atoms with E-state index < -0.39 is 0 Å². The summed E-state index contributed by atoms with van der Waals surface area (Å²) in [6, 6.07) is 8.36. The predicted molar refractivity (Wildman–Crippen MR) is 66.4 cm³/mol. The van der Waals surface area contributed by atoms with Gasteiger partial charge >= 0.3 is 0 Å². The summed E-state index contributed by atoms with van der Waals surface area (Å²) in [5.41, 5.74) is 1.12. The zero-order valence-electron chi connectivity index (χ0n) is 9.60. The van der Waals surface area contributed by atoms with E-state index in [0.717, 1.165) is 24.5 Å². The minimum Gasteiger partial charge on any atom is -0.496 e. The fraction of sp³-hybridized carbons (Fsp3) is 0.500. The van der Waals surface area contributed by atoms with Crippen LogP contribution in [0.2, 0.25) is 0 Å². The van der Waals surface area contributed by atoms with Crippen LogP contribution in [0.4, 0.5) is 0 Å². The summed E-state index contributed by atoms with van der Waals surface area (Å²) in [4.78, 5) is 0. The Morgan fingerprint density at radius 3 is 2.81 bits per heavy atom. The molecule has 1 aromatic rings. The summed E-state index contributed by atoms with van der Waals surface area (Å²) in [7, 11) is 1.69. The molecule has 16 heavy (non-hydrogen) atoms. The molecule has 0 aromatic heterocycles. The van der Waals surface area contributed by atoms with Gasteiger partial charge in [-0.15, -0.1) is 12.4 Å². The van der Waals surface area contributed by atoms with Crippen molar-refractivity contribution in [2.45, 2.75) is 19.1 Å². The molecular weight excluding hydrogens is 226 g/mol. The molecule has 1 aliphatic rings. The summed E-state index contributed by atoms with van der Waals surface area (Å²) in [6.45, 7) is 3.82. The molecule has 2 unspecified atom stereocenters. The lowest BCUT2D eigenvalue weighted by Gasteiger charge is -2.31. The van der Waals surface area contributed by atoms with Crippen LogP contribution in [-0.2, 0) is 4.74 Å². The highest BCUT2D eigenvalue weighted by atomic mass is 35.5. The normalized spacial score (nSPS) is 24.6. The Morgan fingerprint density at radius 2 is 2.12 bits per heavy atom. The van der Waals surface area contributed by atoms with Gasteiger partial charge in [0.1, 0.15) is 11.9 Å². The Balaban J connectivity index is 0.00000128. The first kappa shape index (κ1) is 13.3. The Kier molecular flexibility index (Phi) is 5.06. The Morgan fingerprint density at radius 1 is 1.38 bits per heavy atom. The van der Waals surface area contributed by atoms with Gasteiger partial charge in [-0.05, 0) is 13.0 Å². The second-order valence-electron chi connectivity index (χ2n) is 3.78. The molecule has 1 aromatic carbocycles. The van der Waals surface area contributed by atoms with Crippen molar-refractivity contribution in [3.05, 3.63) is 29.8 Å². The van der Waals surface area contributed by atoms with E-state index in [1.807, 2.05) is 18.2 Å². The maximum Gasteiger partial charge on any atom is 0.124 e. The number of methoxy groups -OCH3 is 1. The monoisotopic (exact) mass is 243 g/mol. The first-order chi connectivity index (χ1) is 7.33. The fourth-order valence-electron chi connectivity index (χ4n) is 1.98. The molecule has 90 valence electrons. The van der Waals surface area contributed by atoms with Gasteiger partial charge in [-0.2, -0.15) is 0 Å². The van der Waals surface area contributed by atoms with Crippen molar-refractivity contribution in [1.29, 1.82) is 0 Å². The predicted octanol–water partition coefficient (Wildman–Crippen LogP) is 2.17. The average Bonchev–Trinajstić information content (AvgIpc) is 2.30. The van der Waals surface area contributed by atoms with E-state index in [1.165, 1.54) is 0 Å². The highest BCUT2D eigenvalue weighted by Gasteiger charge is 2.25. The molecule has 0 aliphatic carbocycles. The van der Waals surface area contributed by atoms with Crippen LogP contribution in [0.1, 0.15) is 18.6 Å². The smallest absolute Gasteiger partial charge is 0.124 e. The van der Waals surface area contributed by atoms with Crippen LogP contribution in [-0.4, -0.2) is 26.3 Å². The van der Waals surface area contributed by atoms with Crippen molar-refractivity contribution in [1.82, 2.24) is 5.32 Å². The molecule has 0 amide bonds. The number of ether oxygens (including phenoxy) is 2. The SMILES string of the molecule is COc1ccccc1C1OCCNC1C.Cl. The van der Waals surface area contributed by atoms with Gasteiger partial charge in [0.25, 0.3) is 0 Å². The molecule has 1 saturated heterocycles. The van der Waals surface area contributed by atoms with Gasteiger partial charge in [0, 0.05) is 18.2 Å². The number of hydrogen-bond donors (Lipinski definition) is 1. The van der Waals surface area contributed by atoms with Crippen LogP contribution in [0.15, 0.2) is 24.3 Å². The van der Waals surface area contributed by atoms with Crippen molar-refractivity contribution >= 4 is 12.4 Å². The minimum atomic E-state index is 0. The number of benzene rings is 1. The molecule has 3 nitrogen and oxygen atoms in total. The maximum absolute atomic E-state index is 5.78. The van der Waals surface area contributed by atoms with Gasteiger partial charge in [0.05, 0.1) is 13.7 Å². The molecule has 1 N–H and O–H groups in total. The topological polar surface area (TPSA) is 30.5 Å². The van der Waals surface area contributed by atoms with Gasteiger partial charge < -0.3 is 14.8 Å². The third kappa shape index (κ3) is 2.67. The number of morpholine rings is 1. The van der Waals surface area contributed by atoms with Gasteiger partial charge in [0.15, 0.2) is 0 Å². The standard InChI is InChI=1S/C12H17NO2.ClH/c1-9-12(15-8-7-13-9)10-5-3-4-6-11(10)14-2;/h3-6,9,12-13H,7-8H2,1-2H3;1H. The molecule has 4 heteroatoms. The lowest BCUT2D eigenvalue weighted by Crippen LogP contribution is -2.41. The largest absolute Gasteiger partial charge is 0.496 e. The number of rotatable bonds is 2. The van der Waals surface area contributed by atoms with Gasteiger partial charge in [-0.3, -0.25) is 0 Å². The first-order valence-electron chi connectivity index (χ1n) is 5.31. The summed E-state index contributed by atoms with van der Waals surface area (Å²) in [5, 5.41) is 3.40. The Bertz CT molecular complexity index is 333. The maximum atomic E-state index is 5.78. The molecular formula is C12H18ClNO2.